The average molecular weight is 326 g/mol. The molecule has 2 aliphatic rings. The van der Waals surface area contributed by atoms with Crippen molar-refractivity contribution >= 4 is 17.5 Å². The minimum atomic E-state index is -0.00277. The highest BCUT2D eigenvalue weighted by Gasteiger charge is 2.32. The molecule has 1 unspecified atom stereocenters. The van der Waals surface area contributed by atoms with E-state index in [1.165, 1.54) is 0 Å². The molecule has 0 N–H and O–H groups in total. The topological polar surface area (TPSA) is 48.0 Å². The average Bonchev–Trinajstić information content (AvgIpc) is 2.97. The van der Waals surface area contributed by atoms with Gasteiger partial charge in [-0.25, -0.2) is 0 Å². The predicted molar refractivity (Wildman–Crippen MR) is 82.2 cm³/mol. The molecule has 1 atom stereocenters. The zero-order chi connectivity index (χ0) is 15.4. The molecule has 1 aromatic rings. The Morgan fingerprint density at radius 2 is 2.18 bits per heavy atom. The third-order valence-electron chi connectivity index (χ3n) is 3.88. The molecule has 1 aromatic carbocycles. The lowest BCUT2D eigenvalue weighted by Crippen LogP contribution is -2.57. The van der Waals surface area contributed by atoms with E-state index in [-0.39, 0.29) is 24.7 Å². The highest BCUT2D eigenvalue weighted by atomic mass is 35.5. The van der Waals surface area contributed by atoms with Crippen LogP contribution in [0.2, 0.25) is 5.02 Å². The standard InChI is InChI=1S/C16H20ClNO4/c17-14-5-1-2-6-15(14)22-13-8-18(9-13)16(19)11-20-10-12-4-3-7-21-12/h1-2,5-6,12-13H,3-4,7-11H2. The summed E-state index contributed by atoms with van der Waals surface area (Å²) in [5.41, 5.74) is 0. The maximum absolute atomic E-state index is 11.9. The summed E-state index contributed by atoms with van der Waals surface area (Å²) in [5, 5.41) is 0.590. The van der Waals surface area contributed by atoms with Crippen LogP contribution in [-0.2, 0) is 14.3 Å². The largest absolute Gasteiger partial charge is 0.485 e. The summed E-state index contributed by atoms with van der Waals surface area (Å²) in [7, 11) is 0. The van der Waals surface area contributed by atoms with Crippen LogP contribution < -0.4 is 4.74 Å². The van der Waals surface area contributed by atoms with E-state index in [0.717, 1.165) is 19.4 Å². The molecule has 2 aliphatic heterocycles. The van der Waals surface area contributed by atoms with Crippen molar-refractivity contribution in [3.8, 4) is 5.75 Å². The summed E-state index contributed by atoms with van der Waals surface area (Å²) in [6.07, 6.45) is 2.25. The number of amides is 1. The molecule has 22 heavy (non-hydrogen) atoms. The van der Waals surface area contributed by atoms with Crippen LogP contribution in [0.15, 0.2) is 24.3 Å². The fourth-order valence-electron chi connectivity index (χ4n) is 2.58. The number of nitrogens with zero attached hydrogens (tertiary/aromatic N) is 1. The maximum atomic E-state index is 11.9. The molecule has 0 radical (unpaired) electrons. The van der Waals surface area contributed by atoms with Crippen molar-refractivity contribution in [1.29, 1.82) is 0 Å². The molecule has 3 rings (SSSR count). The van der Waals surface area contributed by atoms with Gasteiger partial charge in [-0.15, -0.1) is 0 Å². The van der Waals surface area contributed by atoms with Crippen LogP contribution in [-0.4, -0.2) is 55.9 Å². The fourth-order valence-corrected chi connectivity index (χ4v) is 2.76. The summed E-state index contributed by atoms with van der Waals surface area (Å²) >= 11 is 6.04. The van der Waals surface area contributed by atoms with Crippen LogP contribution in [0, 0.1) is 0 Å². The van der Waals surface area contributed by atoms with Crippen molar-refractivity contribution in [2.75, 3.05) is 32.9 Å². The SMILES string of the molecule is O=C(COCC1CCCO1)N1CC(Oc2ccccc2Cl)C1. The summed E-state index contributed by atoms with van der Waals surface area (Å²) in [6, 6.07) is 7.36. The van der Waals surface area contributed by atoms with Crippen molar-refractivity contribution in [2.45, 2.75) is 25.0 Å². The van der Waals surface area contributed by atoms with Gasteiger partial charge in [-0.05, 0) is 25.0 Å². The molecule has 0 saturated carbocycles. The molecule has 0 bridgehead atoms. The molecular formula is C16H20ClNO4. The number of rotatable bonds is 6. The number of halogens is 1. The van der Waals surface area contributed by atoms with Crippen molar-refractivity contribution in [1.82, 2.24) is 4.90 Å². The molecule has 5 nitrogen and oxygen atoms in total. The number of hydrogen-bond donors (Lipinski definition) is 0. The van der Waals surface area contributed by atoms with Gasteiger partial charge in [-0.1, -0.05) is 23.7 Å². The van der Waals surface area contributed by atoms with Crippen molar-refractivity contribution < 1.29 is 19.0 Å². The minimum Gasteiger partial charge on any atom is -0.485 e. The summed E-state index contributed by atoms with van der Waals surface area (Å²) in [5.74, 6) is 0.660. The van der Waals surface area contributed by atoms with E-state index in [9.17, 15) is 4.79 Å². The van der Waals surface area contributed by atoms with Gasteiger partial charge in [0, 0.05) is 6.61 Å². The first-order chi connectivity index (χ1) is 10.7. The first-order valence-corrected chi connectivity index (χ1v) is 7.98. The van der Waals surface area contributed by atoms with Gasteiger partial charge in [-0.2, -0.15) is 0 Å². The Labute approximate surface area is 135 Å². The first-order valence-electron chi connectivity index (χ1n) is 7.60. The summed E-state index contributed by atoms with van der Waals surface area (Å²) < 4.78 is 16.6. The van der Waals surface area contributed by atoms with Crippen LogP contribution >= 0.6 is 11.6 Å². The molecule has 2 saturated heterocycles. The fraction of sp³-hybridized carbons (Fsp3) is 0.562. The minimum absolute atomic E-state index is 0.00187. The Balaban J connectivity index is 1.34. The van der Waals surface area contributed by atoms with Gasteiger partial charge in [0.2, 0.25) is 5.91 Å². The van der Waals surface area contributed by atoms with Gasteiger partial charge in [0.05, 0.1) is 30.8 Å². The summed E-state index contributed by atoms with van der Waals surface area (Å²) in [6.45, 7) is 2.56. The zero-order valence-corrected chi connectivity index (χ0v) is 13.1. The first kappa shape index (κ1) is 15.6. The summed E-state index contributed by atoms with van der Waals surface area (Å²) in [4.78, 5) is 13.7. The van der Waals surface area contributed by atoms with E-state index >= 15 is 0 Å². The van der Waals surface area contributed by atoms with E-state index in [4.69, 9.17) is 25.8 Å². The lowest BCUT2D eigenvalue weighted by molar-refractivity contribution is -0.146. The molecular weight excluding hydrogens is 306 g/mol. The molecule has 1 amide bonds. The van der Waals surface area contributed by atoms with E-state index in [1.807, 2.05) is 18.2 Å². The van der Waals surface area contributed by atoms with Gasteiger partial charge in [-0.3, -0.25) is 4.79 Å². The molecule has 0 aromatic heterocycles. The molecule has 2 heterocycles. The number of ether oxygens (including phenoxy) is 3. The van der Waals surface area contributed by atoms with Gasteiger partial charge in [0.1, 0.15) is 18.5 Å². The number of carbonyl (C=O) groups excluding carboxylic acids is 1. The van der Waals surface area contributed by atoms with E-state index < -0.39 is 0 Å². The van der Waals surface area contributed by atoms with Crippen molar-refractivity contribution in [2.24, 2.45) is 0 Å². The second-order valence-electron chi connectivity index (χ2n) is 5.62. The van der Waals surface area contributed by atoms with Gasteiger partial charge in [0.25, 0.3) is 0 Å². The van der Waals surface area contributed by atoms with Crippen LogP contribution in [0.4, 0.5) is 0 Å². The van der Waals surface area contributed by atoms with Crippen molar-refractivity contribution in [3.63, 3.8) is 0 Å². The molecule has 0 spiro atoms. The number of carbonyl (C=O) groups is 1. The zero-order valence-electron chi connectivity index (χ0n) is 12.4. The Morgan fingerprint density at radius 3 is 2.91 bits per heavy atom. The van der Waals surface area contributed by atoms with E-state index in [0.29, 0.717) is 30.5 Å². The lowest BCUT2D eigenvalue weighted by atomic mass is 10.1. The smallest absolute Gasteiger partial charge is 0.248 e. The highest BCUT2D eigenvalue weighted by Crippen LogP contribution is 2.26. The molecule has 0 aliphatic carbocycles. The quantitative estimate of drug-likeness (QED) is 0.804. The van der Waals surface area contributed by atoms with Crippen molar-refractivity contribution in [3.05, 3.63) is 29.3 Å². The second-order valence-corrected chi connectivity index (χ2v) is 6.03. The van der Waals surface area contributed by atoms with Gasteiger partial charge < -0.3 is 19.1 Å². The number of hydrogen-bond acceptors (Lipinski definition) is 4. The van der Waals surface area contributed by atoms with E-state index in [1.54, 1.807) is 11.0 Å². The van der Waals surface area contributed by atoms with Crippen LogP contribution in [0.1, 0.15) is 12.8 Å². The molecule has 6 heteroatoms. The number of para-hydroxylation sites is 1. The lowest BCUT2D eigenvalue weighted by Gasteiger charge is -2.39. The Morgan fingerprint density at radius 1 is 1.36 bits per heavy atom. The predicted octanol–water partition coefficient (Wildman–Crippen LogP) is 2.13. The second kappa shape index (κ2) is 7.31. The number of benzene rings is 1. The monoisotopic (exact) mass is 325 g/mol. The maximum Gasteiger partial charge on any atom is 0.248 e. The highest BCUT2D eigenvalue weighted by molar-refractivity contribution is 6.32. The Kier molecular flexibility index (Phi) is 5.18. The Bertz CT molecular complexity index is 513. The third-order valence-corrected chi connectivity index (χ3v) is 4.20. The van der Waals surface area contributed by atoms with Crippen LogP contribution in [0.3, 0.4) is 0 Å². The molecule has 2 fully saturated rings. The van der Waals surface area contributed by atoms with Gasteiger partial charge in [0.15, 0.2) is 0 Å². The molecule has 120 valence electrons. The Hall–Kier alpha value is -1.30. The van der Waals surface area contributed by atoms with Crippen LogP contribution in [0.25, 0.3) is 0 Å². The normalized spacial score (nSPS) is 21.7. The van der Waals surface area contributed by atoms with Crippen LogP contribution in [0.5, 0.6) is 5.75 Å². The van der Waals surface area contributed by atoms with Gasteiger partial charge >= 0.3 is 0 Å². The third kappa shape index (κ3) is 3.91. The number of likely N-dealkylation sites (tertiary alicyclic amines) is 1. The van der Waals surface area contributed by atoms with E-state index in [2.05, 4.69) is 0 Å².